The molecule has 0 spiro atoms. The number of rotatable bonds is 6. The van der Waals surface area contributed by atoms with Crippen LogP contribution < -0.4 is 20.1 Å². The maximum absolute atomic E-state index is 12.8. The highest BCUT2D eigenvalue weighted by Gasteiger charge is 2.17. The molecule has 29 heavy (non-hydrogen) atoms. The van der Waals surface area contributed by atoms with E-state index in [2.05, 4.69) is 15.6 Å². The van der Waals surface area contributed by atoms with Gasteiger partial charge in [-0.3, -0.25) is 10.1 Å². The molecule has 0 aromatic heterocycles. The maximum Gasteiger partial charge on any atom is 0.258 e. The number of anilines is 1. The Morgan fingerprint density at radius 1 is 1.21 bits per heavy atom. The molecule has 0 aliphatic carbocycles. The SMILES string of the molecule is COc1cccc(C(=O)NC(=NCC2CCCO2)Nc2cc(C)ccc2OC)c1. The fourth-order valence-electron chi connectivity index (χ4n) is 3.08. The molecular weight excluding hydrogens is 370 g/mol. The van der Waals surface area contributed by atoms with Gasteiger partial charge in [-0.15, -0.1) is 0 Å². The molecule has 1 aliphatic rings. The number of methoxy groups -OCH3 is 2. The smallest absolute Gasteiger partial charge is 0.258 e. The van der Waals surface area contributed by atoms with Crippen molar-refractivity contribution in [3.63, 3.8) is 0 Å². The van der Waals surface area contributed by atoms with Crippen LogP contribution in [0.4, 0.5) is 5.69 Å². The van der Waals surface area contributed by atoms with E-state index in [4.69, 9.17) is 14.2 Å². The van der Waals surface area contributed by atoms with Crippen molar-refractivity contribution in [3.8, 4) is 11.5 Å². The third-order valence-electron chi connectivity index (χ3n) is 4.65. The largest absolute Gasteiger partial charge is 0.497 e. The highest BCUT2D eigenvalue weighted by molar-refractivity contribution is 6.10. The average molecular weight is 397 g/mol. The second kappa shape index (κ2) is 9.93. The lowest BCUT2D eigenvalue weighted by atomic mass is 10.2. The van der Waals surface area contributed by atoms with Gasteiger partial charge in [-0.1, -0.05) is 12.1 Å². The van der Waals surface area contributed by atoms with E-state index >= 15 is 0 Å². The monoisotopic (exact) mass is 397 g/mol. The highest BCUT2D eigenvalue weighted by Crippen LogP contribution is 2.25. The first-order valence-corrected chi connectivity index (χ1v) is 9.62. The standard InChI is InChI=1S/C22H27N3O4/c1-15-9-10-20(28-3)19(12-15)24-22(23-14-18-8-5-11-29-18)25-21(26)16-6-4-7-17(13-16)27-2/h4,6-7,9-10,12-13,18H,5,8,11,14H2,1-3H3,(H2,23,24,25,26). The number of aryl methyl sites for hydroxylation is 1. The summed E-state index contributed by atoms with van der Waals surface area (Å²) in [5.74, 6) is 1.34. The Balaban J connectivity index is 1.81. The molecule has 1 amide bonds. The van der Waals surface area contributed by atoms with Crippen molar-refractivity contribution in [2.24, 2.45) is 4.99 Å². The number of ether oxygens (including phenoxy) is 3. The highest BCUT2D eigenvalue weighted by atomic mass is 16.5. The van der Waals surface area contributed by atoms with Gasteiger partial charge in [0.15, 0.2) is 0 Å². The Labute approximate surface area is 171 Å². The quantitative estimate of drug-likeness (QED) is 0.577. The van der Waals surface area contributed by atoms with Crippen molar-refractivity contribution in [2.45, 2.75) is 25.9 Å². The first kappa shape index (κ1) is 20.7. The van der Waals surface area contributed by atoms with Gasteiger partial charge >= 0.3 is 0 Å². The third kappa shape index (κ3) is 5.71. The number of carbonyl (C=O) groups is 1. The Morgan fingerprint density at radius 3 is 2.79 bits per heavy atom. The van der Waals surface area contributed by atoms with Crippen molar-refractivity contribution >= 4 is 17.6 Å². The Kier molecular flexibility index (Phi) is 7.08. The van der Waals surface area contributed by atoms with Crippen LogP contribution in [0.15, 0.2) is 47.5 Å². The van der Waals surface area contributed by atoms with Crippen LogP contribution in [-0.2, 0) is 4.74 Å². The van der Waals surface area contributed by atoms with E-state index < -0.39 is 0 Å². The van der Waals surface area contributed by atoms with Crippen LogP contribution in [0.2, 0.25) is 0 Å². The predicted molar refractivity (Wildman–Crippen MR) is 113 cm³/mol. The number of nitrogens with zero attached hydrogens (tertiary/aromatic N) is 1. The molecular formula is C22H27N3O4. The van der Waals surface area contributed by atoms with Gasteiger partial charge in [0.2, 0.25) is 5.96 Å². The van der Waals surface area contributed by atoms with E-state index in [0.29, 0.717) is 29.6 Å². The minimum Gasteiger partial charge on any atom is -0.497 e. The number of nitrogens with one attached hydrogen (secondary N) is 2. The second-order valence-electron chi connectivity index (χ2n) is 6.84. The van der Waals surface area contributed by atoms with Crippen molar-refractivity contribution in [3.05, 3.63) is 53.6 Å². The number of aliphatic imine (C=N–C) groups is 1. The van der Waals surface area contributed by atoms with E-state index in [-0.39, 0.29) is 12.0 Å². The van der Waals surface area contributed by atoms with Crippen LogP contribution >= 0.6 is 0 Å². The van der Waals surface area contributed by atoms with Gasteiger partial charge in [0.1, 0.15) is 11.5 Å². The summed E-state index contributed by atoms with van der Waals surface area (Å²) in [5, 5.41) is 6.06. The molecule has 154 valence electrons. The maximum atomic E-state index is 12.8. The summed E-state index contributed by atoms with van der Waals surface area (Å²) in [7, 11) is 3.17. The molecule has 1 aliphatic heterocycles. The molecule has 7 nitrogen and oxygen atoms in total. The lowest BCUT2D eigenvalue weighted by Gasteiger charge is -2.16. The zero-order valence-electron chi connectivity index (χ0n) is 17.0. The summed E-state index contributed by atoms with van der Waals surface area (Å²) in [5.41, 5.74) is 2.27. The first-order chi connectivity index (χ1) is 14.1. The molecule has 1 unspecified atom stereocenters. The molecule has 2 aromatic rings. The summed E-state index contributed by atoms with van der Waals surface area (Å²) in [6.45, 7) is 3.21. The molecule has 0 radical (unpaired) electrons. The van der Waals surface area contributed by atoms with Gasteiger partial charge in [-0.05, 0) is 55.7 Å². The lowest BCUT2D eigenvalue weighted by molar-refractivity contribution is 0.0975. The van der Waals surface area contributed by atoms with Gasteiger partial charge < -0.3 is 19.5 Å². The molecule has 2 aromatic carbocycles. The summed E-state index contributed by atoms with van der Waals surface area (Å²) in [4.78, 5) is 17.4. The zero-order chi connectivity index (χ0) is 20.6. The van der Waals surface area contributed by atoms with E-state index in [1.165, 1.54) is 0 Å². The number of benzene rings is 2. The molecule has 1 atom stereocenters. The number of carbonyl (C=O) groups excluding carboxylic acids is 1. The van der Waals surface area contributed by atoms with Crippen molar-refractivity contribution in [1.29, 1.82) is 0 Å². The topological polar surface area (TPSA) is 81.2 Å². The molecule has 1 saturated heterocycles. The molecule has 0 saturated carbocycles. The summed E-state index contributed by atoms with van der Waals surface area (Å²) < 4.78 is 16.3. The normalized spacial score (nSPS) is 16.4. The van der Waals surface area contributed by atoms with E-state index in [0.717, 1.165) is 30.7 Å². The molecule has 1 fully saturated rings. The fourth-order valence-corrected chi connectivity index (χ4v) is 3.08. The molecule has 3 rings (SSSR count). The van der Waals surface area contributed by atoms with Crippen molar-refractivity contribution in [2.75, 3.05) is 32.7 Å². The zero-order valence-corrected chi connectivity index (χ0v) is 17.0. The number of guanidine groups is 1. The Bertz CT molecular complexity index is 876. The second-order valence-corrected chi connectivity index (χ2v) is 6.84. The van der Waals surface area contributed by atoms with Gasteiger partial charge in [0.05, 0.1) is 32.6 Å². The van der Waals surface area contributed by atoms with Gasteiger partial charge in [0.25, 0.3) is 5.91 Å². The minimum atomic E-state index is -0.283. The van der Waals surface area contributed by atoms with Gasteiger partial charge in [0, 0.05) is 12.2 Å². The minimum absolute atomic E-state index is 0.0694. The molecule has 0 bridgehead atoms. The molecule has 1 heterocycles. The van der Waals surface area contributed by atoms with Crippen LogP contribution in [0.3, 0.4) is 0 Å². The Hall–Kier alpha value is -3.06. The van der Waals surface area contributed by atoms with E-state index in [1.54, 1.807) is 38.5 Å². The summed E-state index contributed by atoms with van der Waals surface area (Å²) >= 11 is 0. The fraction of sp³-hybridized carbons (Fsp3) is 0.364. The van der Waals surface area contributed by atoms with Crippen LogP contribution in [0.5, 0.6) is 11.5 Å². The summed E-state index contributed by atoms with van der Waals surface area (Å²) in [6.07, 6.45) is 2.07. The predicted octanol–water partition coefficient (Wildman–Crippen LogP) is 3.39. The van der Waals surface area contributed by atoms with E-state index in [9.17, 15) is 4.79 Å². The first-order valence-electron chi connectivity index (χ1n) is 9.62. The number of hydrogen-bond acceptors (Lipinski definition) is 5. The van der Waals surface area contributed by atoms with Crippen LogP contribution in [-0.4, -0.2) is 45.3 Å². The number of hydrogen-bond donors (Lipinski definition) is 2. The van der Waals surface area contributed by atoms with Crippen LogP contribution in [0.25, 0.3) is 0 Å². The van der Waals surface area contributed by atoms with Gasteiger partial charge in [-0.25, -0.2) is 4.99 Å². The number of amides is 1. The molecule has 7 heteroatoms. The van der Waals surface area contributed by atoms with Crippen molar-refractivity contribution in [1.82, 2.24) is 5.32 Å². The third-order valence-corrected chi connectivity index (χ3v) is 4.65. The van der Waals surface area contributed by atoms with Crippen molar-refractivity contribution < 1.29 is 19.0 Å². The van der Waals surface area contributed by atoms with Gasteiger partial charge in [-0.2, -0.15) is 0 Å². The Morgan fingerprint density at radius 2 is 2.07 bits per heavy atom. The lowest BCUT2D eigenvalue weighted by Crippen LogP contribution is -2.37. The average Bonchev–Trinajstić information content (AvgIpc) is 3.26. The van der Waals surface area contributed by atoms with Crippen LogP contribution in [0, 0.1) is 6.92 Å². The van der Waals surface area contributed by atoms with Crippen LogP contribution in [0.1, 0.15) is 28.8 Å². The molecule has 2 N–H and O–H groups in total. The summed E-state index contributed by atoms with van der Waals surface area (Å²) in [6, 6.07) is 12.7. The van der Waals surface area contributed by atoms with E-state index in [1.807, 2.05) is 25.1 Å².